The molecule has 0 aromatic heterocycles. The Hall–Kier alpha value is -1.57. The molecule has 278 valence electrons. The molecule has 0 bridgehead atoms. The molecule has 2 heteroatoms. The molecule has 0 spiro atoms. The molecule has 4 rings (SSSR count). The van der Waals surface area contributed by atoms with Crippen LogP contribution in [0.15, 0.2) is 48.1 Å². The highest BCUT2D eigenvalue weighted by molar-refractivity contribution is 5.69. The van der Waals surface area contributed by atoms with Crippen LogP contribution < -0.4 is 0 Å². The number of carbonyl (C=O) groups excluding carboxylic acids is 1. The molecular formula is C47H78O2. The van der Waals surface area contributed by atoms with Gasteiger partial charge in [-0.2, -0.15) is 0 Å². The molecule has 3 fully saturated rings. The Kier molecular flexibility index (Phi) is 16.8. The summed E-state index contributed by atoms with van der Waals surface area (Å²) in [6.45, 7) is 14.9. The SMILES string of the molecule is CCCCCCCC/C=C/C/C=C/C/C=C/CCCC(=O)O[C@H]1CC[C@@]2(C)C(=CC[C@H]3[C@@H]4CC[C@H]([C@H](C)CCCC(C)C)[C@@]4(C)CC[C@@H]32)C1. The molecule has 4 aliphatic rings. The second kappa shape index (κ2) is 20.5. The molecule has 0 heterocycles. The number of fused-ring (bicyclic) bond motifs is 5. The minimum absolute atomic E-state index is 0.0110. The van der Waals surface area contributed by atoms with Crippen LogP contribution in [0.2, 0.25) is 0 Å². The van der Waals surface area contributed by atoms with Crippen molar-refractivity contribution in [1.82, 2.24) is 0 Å². The first-order chi connectivity index (χ1) is 23.7. The molecular weight excluding hydrogens is 597 g/mol. The van der Waals surface area contributed by atoms with Crippen LogP contribution in [-0.4, -0.2) is 12.1 Å². The van der Waals surface area contributed by atoms with Gasteiger partial charge in [-0.05, 0) is 130 Å². The van der Waals surface area contributed by atoms with E-state index < -0.39 is 0 Å². The number of rotatable bonds is 21. The largest absolute Gasteiger partial charge is 0.462 e. The number of carbonyl (C=O) groups is 1. The van der Waals surface area contributed by atoms with Gasteiger partial charge >= 0.3 is 5.97 Å². The van der Waals surface area contributed by atoms with Crippen LogP contribution in [0, 0.1) is 46.3 Å². The van der Waals surface area contributed by atoms with Crippen LogP contribution in [-0.2, 0) is 9.53 Å². The molecule has 2 nitrogen and oxygen atoms in total. The van der Waals surface area contributed by atoms with E-state index >= 15 is 0 Å². The number of unbranched alkanes of at least 4 members (excludes halogenated alkanes) is 7. The fraction of sp³-hybridized carbons (Fsp3) is 0.809. The van der Waals surface area contributed by atoms with Gasteiger partial charge in [-0.15, -0.1) is 0 Å². The van der Waals surface area contributed by atoms with E-state index in [1.54, 1.807) is 5.57 Å². The average Bonchev–Trinajstić information content (AvgIpc) is 3.43. The Bertz CT molecular complexity index is 1090. The summed E-state index contributed by atoms with van der Waals surface area (Å²) in [5, 5.41) is 0. The quantitative estimate of drug-likeness (QED) is 0.0688. The lowest BCUT2D eigenvalue weighted by molar-refractivity contribution is -0.151. The molecule has 0 aromatic rings. The maximum Gasteiger partial charge on any atom is 0.306 e. The van der Waals surface area contributed by atoms with Crippen molar-refractivity contribution < 1.29 is 9.53 Å². The topological polar surface area (TPSA) is 26.3 Å². The molecule has 0 aliphatic heterocycles. The minimum atomic E-state index is 0.0110. The summed E-state index contributed by atoms with van der Waals surface area (Å²) >= 11 is 0. The van der Waals surface area contributed by atoms with E-state index in [0.717, 1.165) is 74.0 Å². The predicted octanol–water partition coefficient (Wildman–Crippen LogP) is 14.3. The number of esters is 1. The summed E-state index contributed by atoms with van der Waals surface area (Å²) in [5.41, 5.74) is 2.49. The summed E-state index contributed by atoms with van der Waals surface area (Å²) in [5.74, 6) is 5.22. The maximum atomic E-state index is 12.8. The summed E-state index contributed by atoms with van der Waals surface area (Å²) in [7, 11) is 0. The first-order valence-electron chi connectivity index (χ1n) is 21.5. The molecule has 3 saturated carbocycles. The van der Waals surface area contributed by atoms with Gasteiger partial charge in [0, 0.05) is 12.8 Å². The van der Waals surface area contributed by atoms with Gasteiger partial charge in [0.25, 0.3) is 0 Å². The fourth-order valence-electron chi connectivity index (χ4n) is 11.2. The zero-order valence-electron chi connectivity index (χ0n) is 33.2. The minimum Gasteiger partial charge on any atom is -0.462 e. The number of hydrogen-bond donors (Lipinski definition) is 0. The molecule has 0 N–H and O–H groups in total. The predicted molar refractivity (Wildman–Crippen MR) is 211 cm³/mol. The first kappa shape index (κ1) is 40.2. The Morgan fingerprint density at radius 1 is 0.796 bits per heavy atom. The third kappa shape index (κ3) is 11.5. The monoisotopic (exact) mass is 675 g/mol. The summed E-state index contributed by atoms with van der Waals surface area (Å²) in [6, 6.07) is 0. The molecule has 4 aliphatic carbocycles. The van der Waals surface area contributed by atoms with Gasteiger partial charge in [-0.1, -0.05) is 141 Å². The lowest BCUT2D eigenvalue weighted by Gasteiger charge is -2.58. The Labute approximate surface area is 304 Å². The summed E-state index contributed by atoms with van der Waals surface area (Å²) in [6.07, 6.45) is 44.7. The highest BCUT2D eigenvalue weighted by Crippen LogP contribution is 2.67. The van der Waals surface area contributed by atoms with Crippen molar-refractivity contribution in [3.05, 3.63) is 48.1 Å². The molecule has 0 radical (unpaired) electrons. The lowest BCUT2D eigenvalue weighted by Crippen LogP contribution is -2.51. The van der Waals surface area contributed by atoms with E-state index in [9.17, 15) is 4.79 Å². The Balaban J connectivity index is 1.12. The van der Waals surface area contributed by atoms with Gasteiger partial charge in [0.2, 0.25) is 0 Å². The molecule has 8 atom stereocenters. The van der Waals surface area contributed by atoms with Crippen LogP contribution in [0.1, 0.15) is 189 Å². The number of ether oxygens (including phenoxy) is 1. The van der Waals surface area contributed by atoms with Crippen molar-refractivity contribution in [2.24, 2.45) is 46.3 Å². The highest BCUT2D eigenvalue weighted by atomic mass is 16.5. The van der Waals surface area contributed by atoms with Crippen molar-refractivity contribution in [3.63, 3.8) is 0 Å². The Morgan fingerprint density at radius 3 is 2.22 bits per heavy atom. The number of hydrogen-bond acceptors (Lipinski definition) is 2. The van der Waals surface area contributed by atoms with E-state index in [1.807, 2.05) is 0 Å². The van der Waals surface area contributed by atoms with Gasteiger partial charge < -0.3 is 4.74 Å². The maximum absolute atomic E-state index is 12.8. The lowest BCUT2D eigenvalue weighted by atomic mass is 9.47. The second-order valence-electron chi connectivity index (χ2n) is 18.0. The van der Waals surface area contributed by atoms with E-state index in [1.165, 1.54) is 103 Å². The standard InChI is InChI=1S/C47H78O2/c1-7-8-9-10-11-12-13-14-15-16-17-18-19-20-21-22-23-27-45(48)49-40-32-34-46(5)39(36-40)28-29-41-43-31-30-42(38(4)26-24-25-37(2)3)47(43,6)35-33-44(41)46/h14-15,17-18,20-21,28,37-38,40-44H,7-13,16,19,22-27,29-36H2,1-6H3/b15-14+,18-17+,21-20+/t38-,40+,41+,42-,43+,44+,46+,47-/m1/s1. The Morgan fingerprint density at radius 2 is 1.49 bits per heavy atom. The van der Waals surface area contributed by atoms with Crippen LogP contribution in [0.4, 0.5) is 0 Å². The molecule has 0 amide bonds. The highest BCUT2D eigenvalue weighted by Gasteiger charge is 2.59. The van der Waals surface area contributed by atoms with Crippen molar-refractivity contribution in [2.45, 2.75) is 195 Å². The second-order valence-corrected chi connectivity index (χ2v) is 18.0. The third-order valence-electron chi connectivity index (χ3n) is 14.1. The molecule has 0 saturated heterocycles. The van der Waals surface area contributed by atoms with Crippen molar-refractivity contribution in [3.8, 4) is 0 Å². The van der Waals surface area contributed by atoms with E-state index in [2.05, 4.69) is 84.1 Å². The third-order valence-corrected chi connectivity index (χ3v) is 14.1. The smallest absolute Gasteiger partial charge is 0.306 e. The van der Waals surface area contributed by atoms with Crippen molar-refractivity contribution in [1.29, 1.82) is 0 Å². The molecule has 0 unspecified atom stereocenters. The van der Waals surface area contributed by atoms with E-state index in [-0.39, 0.29) is 12.1 Å². The fourth-order valence-corrected chi connectivity index (χ4v) is 11.2. The summed E-state index contributed by atoms with van der Waals surface area (Å²) in [4.78, 5) is 12.8. The van der Waals surface area contributed by atoms with E-state index in [0.29, 0.717) is 17.3 Å². The zero-order valence-corrected chi connectivity index (χ0v) is 33.2. The zero-order chi connectivity index (χ0) is 35.1. The van der Waals surface area contributed by atoms with Gasteiger partial charge in [0.15, 0.2) is 0 Å². The van der Waals surface area contributed by atoms with Crippen molar-refractivity contribution >= 4 is 5.97 Å². The van der Waals surface area contributed by atoms with E-state index in [4.69, 9.17) is 4.74 Å². The molecule has 0 aromatic carbocycles. The van der Waals surface area contributed by atoms with Gasteiger partial charge in [-0.25, -0.2) is 0 Å². The van der Waals surface area contributed by atoms with Crippen molar-refractivity contribution in [2.75, 3.05) is 0 Å². The number of allylic oxidation sites excluding steroid dienone is 7. The normalized spacial score (nSPS) is 32.1. The average molecular weight is 675 g/mol. The van der Waals surface area contributed by atoms with Crippen LogP contribution in [0.3, 0.4) is 0 Å². The van der Waals surface area contributed by atoms with Gasteiger partial charge in [0.05, 0.1) is 0 Å². The van der Waals surface area contributed by atoms with Gasteiger partial charge in [-0.3, -0.25) is 4.79 Å². The van der Waals surface area contributed by atoms with Gasteiger partial charge in [0.1, 0.15) is 6.10 Å². The molecule has 49 heavy (non-hydrogen) atoms. The van der Waals surface area contributed by atoms with Crippen LogP contribution in [0.5, 0.6) is 0 Å². The van der Waals surface area contributed by atoms with Crippen LogP contribution in [0.25, 0.3) is 0 Å². The summed E-state index contributed by atoms with van der Waals surface area (Å²) < 4.78 is 6.10. The van der Waals surface area contributed by atoms with Crippen LogP contribution >= 0.6 is 0 Å². The first-order valence-corrected chi connectivity index (χ1v) is 21.5.